The summed E-state index contributed by atoms with van der Waals surface area (Å²) in [5.74, 6) is 1.88. The summed E-state index contributed by atoms with van der Waals surface area (Å²) in [6.07, 6.45) is 5.72. The van der Waals surface area contributed by atoms with Gasteiger partial charge in [0.05, 0.1) is 30.8 Å². The molecular formula is C26H21N3O3. The van der Waals surface area contributed by atoms with Gasteiger partial charge in [0.1, 0.15) is 17.3 Å². The highest BCUT2D eigenvalue weighted by molar-refractivity contribution is 5.92. The van der Waals surface area contributed by atoms with Gasteiger partial charge in [-0.05, 0) is 54.6 Å². The third kappa shape index (κ3) is 3.32. The van der Waals surface area contributed by atoms with Gasteiger partial charge >= 0.3 is 0 Å². The summed E-state index contributed by atoms with van der Waals surface area (Å²) in [4.78, 5) is 21.5. The molecule has 2 heterocycles. The van der Waals surface area contributed by atoms with E-state index in [1.54, 1.807) is 24.9 Å². The zero-order valence-corrected chi connectivity index (χ0v) is 17.7. The van der Waals surface area contributed by atoms with Crippen LogP contribution in [0.5, 0.6) is 11.5 Å². The normalized spacial score (nSPS) is 11.4. The van der Waals surface area contributed by atoms with Gasteiger partial charge in [0.15, 0.2) is 0 Å². The number of fused-ring (bicyclic) bond motifs is 2. The molecular weight excluding hydrogens is 402 g/mol. The Bertz CT molecular complexity index is 1530. The first-order valence-electron chi connectivity index (χ1n) is 10.2. The number of hydrogen-bond acceptors (Lipinski definition) is 4. The van der Waals surface area contributed by atoms with Crippen molar-refractivity contribution in [1.82, 2.24) is 14.5 Å². The molecule has 5 rings (SSSR count). The molecule has 0 saturated heterocycles. The molecule has 0 aliphatic heterocycles. The van der Waals surface area contributed by atoms with Crippen molar-refractivity contribution in [3.8, 4) is 17.2 Å². The summed E-state index contributed by atoms with van der Waals surface area (Å²) in [5.41, 5.74) is 3.09. The van der Waals surface area contributed by atoms with Crippen LogP contribution in [0.25, 0.3) is 39.6 Å². The predicted molar refractivity (Wildman–Crippen MR) is 128 cm³/mol. The molecule has 6 nitrogen and oxygen atoms in total. The van der Waals surface area contributed by atoms with Gasteiger partial charge in [-0.25, -0.2) is 4.98 Å². The van der Waals surface area contributed by atoms with E-state index >= 15 is 0 Å². The molecule has 5 aromatic rings. The fraction of sp³-hybridized carbons (Fsp3) is 0.0769. The highest BCUT2D eigenvalue weighted by Gasteiger charge is 2.14. The second-order valence-corrected chi connectivity index (χ2v) is 7.29. The molecule has 0 atom stereocenters. The van der Waals surface area contributed by atoms with Crippen molar-refractivity contribution in [1.29, 1.82) is 0 Å². The molecule has 0 aliphatic carbocycles. The molecule has 2 aromatic heterocycles. The first-order valence-corrected chi connectivity index (χ1v) is 10.2. The minimum absolute atomic E-state index is 0.152. The first-order chi connectivity index (χ1) is 15.7. The van der Waals surface area contributed by atoms with Crippen molar-refractivity contribution in [2.24, 2.45) is 0 Å². The van der Waals surface area contributed by atoms with Crippen LogP contribution in [0.1, 0.15) is 11.4 Å². The van der Waals surface area contributed by atoms with Crippen LogP contribution in [-0.2, 0) is 0 Å². The molecule has 158 valence electrons. The van der Waals surface area contributed by atoms with E-state index in [0.717, 1.165) is 22.2 Å². The number of nitrogens with one attached hydrogen (secondary N) is 1. The third-order valence-corrected chi connectivity index (χ3v) is 5.46. The van der Waals surface area contributed by atoms with Crippen molar-refractivity contribution in [2.45, 2.75) is 0 Å². The smallest absolute Gasteiger partial charge is 0.266 e. The minimum atomic E-state index is -0.152. The highest BCUT2D eigenvalue weighted by atomic mass is 16.5. The topological polar surface area (TPSA) is 69.1 Å². The molecule has 0 fully saturated rings. The Kier molecular flexibility index (Phi) is 4.95. The second kappa shape index (κ2) is 8.07. The van der Waals surface area contributed by atoms with Crippen LogP contribution in [0, 0.1) is 0 Å². The van der Waals surface area contributed by atoms with E-state index in [1.165, 1.54) is 0 Å². The lowest BCUT2D eigenvalue weighted by Crippen LogP contribution is -2.22. The van der Waals surface area contributed by atoms with Crippen LogP contribution in [0.4, 0.5) is 0 Å². The zero-order valence-electron chi connectivity index (χ0n) is 17.7. The van der Waals surface area contributed by atoms with Crippen LogP contribution in [0.2, 0.25) is 0 Å². The van der Waals surface area contributed by atoms with Crippen LogP contribution >= 0.6 is 0 Å². The summed E-state index contributed by atoms with van der Waals surface area (Å²) in [5, 5.41) is 1.57. The summed E-state index contributed by atoms with van der Waals surface area (Å²) < 4.78 is 12.5. The van der Waals surface area contributed by atoms with E-state index in [9.17, 15) is 4.79 Å². The molecule has 0 radical (unpaired) electrons. The third-order valence-electron chi connectivity index (χ3n) is 5.46. The summed E-state index contributed by atoms with van der Waals surface area (Å²) in [7, 11) is 3.24. The predicted octanol–water partition coefficient (Wildman–Crippen LogP) is 5.05. The Labute approximate surface area is 184 Å². The number of nitrogens with zero attached hydrogens (tertiary/aromatic N) is 2. The van der Waals surface area contributed by atoms with Crippen LogP contribution < -0.4 is 15.0 Å². The maximum Gasteiger partial charge on any atom is 0.266 e. The number of para-hydroxylation sites is 3. The summed E-state index contributed by atoms with van der Waals surface area (Å²) in [6, 6.07) is 20.6. The number of hydrogen-bond donors (Lipinski definition) is 1. The molecule has 0 saturated carbocycles. The lowest BCUT2D eigenvalue weighted by molar-refractivity contribution is 0.412. The van der Waals surface area contributed by atoms with Crippen molar-refractivity contribution in [3.63, 3.8) is 0 Å². The SMILES string of the molecule is COc1ccc2[nH]cc(C=Cc3nc4ccccc4c(=O)n3-c3ccccc3OC)c2c1. The van der Waals surface area contributed by atoms with Gasteiger partial charge in [-0.2, -0.15) is 0 Å². The minimum Gasteiger partial charge on any atom is -0.497 e. The van der Waals surface area contributed by atoms with Gasteiger partial charge in [0.2, 0.25) is 0 Å². The largest absolute Gasteiger partial charge is 0.497 e. The van der Waals surface area contributed by atoms with Crippen molar-refractivity contribution in [2.75, 3.05) is 14.2 Å². The zero-order chi connectivity index (χ0) is 22.1. The number of methoxy groups -OCH3 is 2. The van der Waals surface area contributed by atoms with E-state index in [0.29, 0.717) is 28.2 Å². The van der Waals surface area contributed by atoms with Crippen LogP contribution in [-0.4, -0.2) is 28.8 Å². The molecule has 1 N–H and O–H groups in total. The number of aromatic amines is 1. The average Bonchev–Trinajstić information content (AvgIpc) is 3.25. The Hall–Kier alpha value is -4.32. The van der Waals surface area contributed by atoms with Gasteiger partial charge in [-0.1, -0.05) is 24.3 Å². The molecule has 0 aliphatic rings. The standard InChI is InChI=1S/C26H21N3O3/c1-31-18-12-13-21-20(15-18)17(16-27-21)11-14-25-28-22-8-4-3-7-19(22)26(30)29(25)23-9-5-6-10-24(23)32-2/h3-16,27H,1-2H3. The Morgan fingerprint density at radius 2 is 1.72 bits per heavy atom. The number of aromatic nitrogens is 3. The first kappa shape index (κ1) is 19.6. The van der Waals surface area contributed by atoms with Crippen molar-refractivity contribution >= 4 is 34.0 Å². The van der Waals surface area contributed by atoms with Gasteiger partial charge in [0.25, 0.3) is 5.56 Å². The van der Waals surface area contributed by atoms with Gasteiger partial charge in [0, 0.05) is 22.7 Å². The molecule has 6 heteroatoms. The highest BCUT2D eigenvalue weighted by Crippen LogP contribution is 2.26. The number of rotatable bonds is 5. The Morgan fingerprint density at radius 3 is 2.56 bits per heavy atom. The van der Waals surface area contributed by atoms with Crippen LogP contribution in [0.15, 0.2) is 77.7 Å². The van der Waals surface area contributed by atoms with E-state index in [4.69, 9.17) is 14.5 Å². The fourth-order valence-corrected chi connectivity index (χ4v) is 3.86. The molecule has 0 spiro atoms. The monoisotopic (exact) mass is 423 g/mol. The summed E-state index contributed by atoms with van der Waals surface area (Å²) >= 11 is 0. The number of benzene rings is 3. The molecule has 0 unspecified atom stereocenters. The molecule has 32 heavy (non-hydrogen) atoms. The van der Waals surface area contributed by atoms with Crippen LogP contribution in [0.3, 0.4) is 0 Å². The number of H-pyrrole nitrogens is 1. The fourth-order valence-electron chi connectivity index (χ4n) is 3.86. The van der Waals surface area contributed by atoms with Gasteiger partial charge in [-0.3, -0.25) is 9.36 Å². The Morgan fingerprint density at radius 1 is 0.906 bits per heavy atom. The van der Waals surface area contributed by atoms with E-state index < -0.39 is 0 Å². The maximum atomic E-state index is 13.5. The second-order valence-electron chi connectivity index (χ2n) is 7.29. The van der Waals surface area contributed by atoms with E-state index in [-0.39, 0.29) is 5.56 Å². The quantitative estimate of drug-likeness (QED) is 0.429. The van der Waals surface area contributed by atoms with Crippen molar-refractivity contribution in [3.05, 3.63) is 94.7 Å². The number of ether oxygens (including phenoxy) is 2. The van der Waals surface area contributed by atoms with E-state index in [1.807, 2.05) is 79.0 Å². The summed E-state index contributed by atoms with van der Waals surface area (Å²) in [6.45, 7) is 0. The molecule has 0 amide bonds. The lowest BCUT2D eigenvalue weighted by atomic mass is 10.1. The van der Waals surface area contributed by atoms with E-state index in [2.05, 4.69) is 4.98 Å². The molecule has 3 aromatic carbocycles. The van der Waals surface area contributed by atoms with Gasteiger partial charge in [-0.15, -0.1) is 0 Å². The average molecular weight is 423 g/mol. The van der Waals surface area contributed by atoms with Gasteiger partial charge < -0.3 is 14.5 Å². The Balaban J connectivity index is 1.73. The maximum absolute atomic E-state index is 13.5. The lowest BCUT2D eigenvalue weighted by Gasteiger charge is -2.14. The van der Waals surface area contributed by atoms with Crippen molar-refractivity contribution < 1.29 is 9.47 Å². The molecule has 0 bridgehead atoms.